The van der Waals surface area contributed by atoms with Gasteiger partial charge in [-0.25, -0.2) is 0 Å². The molecule has 0 fully saturated rings. The van der Waals surface area contributed by atoms with Crippen LogP contribution < -0.4 is 11.1 Å². The molecule has 0 spiro atoms. The fourth-order valence-electron chi connectivity index (χ4n) is 1.32. The summed E-state index contributed by atoms with van der Waals surface area (Å²) in [5.41, 5.74) is 6.75. The molecule has 1 unspecified atom stereocenters. The zero-order valence-electron chi connectivity index (χ0n) is 10.1. The van der Waals surface area contributed by atoms with Crippen molar-refractivity contribution in [3.8, 4) is 0 Å². The third-order valence-corrected chi connectivity index (χ3v) is 3.55. The topological polar surface area (TPSA) is 72.2 Å². The molecule has 1 aromatic carbocycles. The van der Waals surface area contributed by atoms with Crippen LogP contribution in [0, 0.1) is 6.92 Å². The van der Waals surface area contributed by atoms with Gasteiger partial charge in [-0.1, -0.05) is 6.07 Å². The minimum Gasteiger partial charge on any atom is -0.398 e. The van der Waals surface area contributed by atoms with Gasteiger partial charge in [-0.2, -0.15) is 13.2 Å². The summed E-state index contributed by atoms with van der Waals surface area (Å²) >= 11 is 0. The quantitative estimate of drug-likeness (QED) is 0.824. The number of anilines is 1. The molecule has 4 nitrogen and oxygen atoms in total. The number of hydrogen-bond donors (Lipinski definition) is 2. The van der Waals surface area contributed by atoms with Crippen LogP contribution in [0.25, 0.3) is 0 Å². The van der Waals surface area contributed by atoms with Gasteiger partial charge in [0.05, 0.1) is 15.7 Å². The van der Waals surface area contributed by atoms with Gasteiger partial charge >= 0.3 is 6.18 Å². The first kappa shape index (κ1) is 15.5. The summed E-state index contributed by atoms with van der Waals surface area (Å²) in [5.74, 6) is -1.49. The SMILES string of the molecule is Cc1ccc(S(=O)CC(=O)NCC(F)(F)F)c(N)c1. The highest BCUT2D eigenvalue weighted by atomic mass is 32.2. The van der Waals surface area contributed by atoms with E-state index in [0.29, 0.717) is 0 Å². The smallest absolute Gasteiger partial charge is 0.398 e. The number of amides is 1. The Bertz CT molecular complexity index is 503. The van der Waals surface area contributed by atoms with Crippen molar-refractivity contribution >= 4 is 22.4 Å². The number of halogens is 3. The van der Waals surface area contributed by atoms with Gasteiger partial charge in [-0.3, -0.25) is 9.00 Å². The first-order valence-corrected chi connectivity index (χ1v) is 6.59. The summed E-state index contributed by atoms with van der Waals surface area (Å²) in [6.45, 7) is 0.353. The Morgan fingerprint density at radius 3 is 2.58 bits per heavy atom. The predicted molar refractivity (Wildman–Crippen MR) is 65.9 cm³/mol. The average Bonchev–Trinajstić information content (AvgIpc) is 2.25. The minimum atomic E-state index is -4.49. The zero-order valence-corrected chi connectivity index (χ0v) is 10.9. The van der Waals surface area contributed by atoms with Crippen LogP contribution in [0.15, 0.2) is 23.1 Å². The van der Waals surface area contributed by atoms with Crippen LogP contribution in [0.4, 0.5) is 18.9 Å². The molecule has 1 aromatic rings. The monoisotopic (exact) mass is 294 g/mol. The molecule has 0 saturated heterocycles. The Morgan fingerprint density at radius 2 is 2.05 bits per heavy atom. The van der Waals surface area contributed by atoms with Gasteiger partial charge in [0.2, 0.25) is 5.91 Å². The Balaban J connectivity index is 2.62. The van der Waals surface area contributed by atoms with E-state index in [-0.39, 0.29) is 10.6 Å². The number of nitrogen functional groups attached to an aromatic ring is 1. The van der Waals surface area contributed by atoms with E-state index >= 15 is 0 Å². The lowest BCUT2D eigenvalue weighted by Gasteiger charge is -2.09. The van der Waals surface area contributed by atoms with E-state index in [4.69, 9.17) is 5.73 Å². The molecular formula is C11H13F3N2O2S. The highest BCUT2D eigenvalue weighted by Gasteiger charge is 2.28. The number of aryl methyl sites for hydroxylation is 1. The molecule has 0 aliphatic rings. The van der Waals surface area contributed by atoms with E-state index < -0.39 is 35.2 Å². The van der Waals surface area contributed by atoms with E-state index in [9.17, 15) is 22.2 Å². The molecule has 8 heteroatoms. The Kier molecular flexibility index (Phi) is 4.93. The van der Waals surface area contributed by atoms with Gasteiger partial charge in [0.1, 0.15) is 12.3 Å². The van der Waals surface area contributed by atoms with Crippen LogP contribution >= 0.6 is 0 Å². The molecule has 0 aliphatic heterocycles. The first-order valence-electron chi connectivity index (χ1n) is 5.27. The van der Waals surface area contributed by atoms with Crippen LogP contribution in [0.5, 0.6) is 0 Å². The van der Waals surface area contributed by atoms with Gasteiger partial charge in [0, 0.05) is 5.69 Å². The lowest BCUT2D eigenvalue weighted by atomic mass is 10.2. The summed E-state index contributed by atoms with van der Waals surface area (Å²) in [6, 6.07) is 4.75. The number of hydrogen-bond acceptors (Lipinski definition) is 3. The molecule has 0 saturated carbocycles. The highest BCUT2D eigenvalue weighted by Crippen LogP contribution is 2.18. The van der Waals surface area contributed by atoms with Crippen molar-refractivity contribution < 1.29 is 22.2 Å². The second-order valence-corrected chi connectivity index (χ2v) is 5.34. The average molecular weight is 294 g/mol. The molecule has 3 N–H and O–H groups in total. The molecule has 106 valence electrons. The Labute approximate surface area is 110 Å². The summed E-state index contributed by atoms with van der Waals surface area (Å²) in [5, 5.41) is 1.66. The van der Waals surface area contributed by atoms with Crippen molar-refractivity contribution in [3.63, 3.8) is 0 Å². The number of rotatable bonds is 4. The van der Waals surface area contributed by atoms with Crippen LogP contribution in [0.3, 0.4) is 0 Å². The van der Waals surface area contributed by atoms with Crippen molar-refractivity contribution in [2.24, 2.45) is 0 Å². The first-order chi connectivity index (χ1) is 8.69. The molecule has 1 rings (SSSR count). The van der Waals surface area contributed by atoms with Crippen LogP contribution in [-0.2, 0) is 15.6 Å². The number of nitrogens with two attached hydrogens (primary N) is 1. The lowest BCUT2D eigenvalue weighted by Crippen LogP contribution is -2.36. The predicted octanol–water partition coefficient (Wildman–Crippen LogP) is 1.36. The minimum absolute atomic E-state index is 0.243. The molecule has 0 bridgehead atoms. The summed E-state index contributed by atoms with van der Waals surface area (Å²) in [7, 11) is -1.77. The molecule has 19 heavy (non-hydrogen) atoms. The Morgan fingerprint density at radius 1 is 1.42 bits per heavy atom. The number of carbonyl (C=O) groups is 1. The summed E-state index contributed by atoms with van der Waals surface area (Å²) in [6.07, 6.45) is -4.49. The van der Waals surface area contributed by atoms with Gasteiger partial charge in [-0.05, 0) is 24.6 Å². The van der Waals surface area contributed by atoms with Crippen molar-refractivity contribution in [2.45, 2.75) is 18.0 Å². The normalized spacial score (nSPS) is 13.1. The fourth-order valence-corrected chi connectivity index (χ4v) is 2.36. The molecule has 0 radical (unpaired) electrons. The molecule has 0 aromatic heterocycles. The van der Waals surface area contributed by atoms with Crippen LogP contribution in [0.2, 0.25) is 0 Å². The maximum absolute atomic E-state index is 11.9. The van der Waals surface area contributed by atoms with Gasteiger partial charge < -0.3 is 11.1 Å². The maximum Gasteiger partial charge on any atom is 0.405 e. The summed E-state index contributed by atoms with van der Waals surface area (Å²) in [4.78, 5) is 11.5. The third-order valence-electron chi connectivity index (χ3n) is 2.16. The maximum atomic E-state index is 11.9. The van der Waals surface area contributed by atoms with Crippen molar-refractivity contribution in [3.05, 3.63) is 23.8 Å². The second kappa shape index (κ2) is 6.05. The number of nitrogens with one attached hydrogen (secondary N) is 1. The van der Waals surface area contributed by atoms with E-state index in [0.717, 1.165) is 5.56 Å². The molecular weight excluding hydrogens is 281 g/mol. The van der Waals surface area contributed by atoms with Gasteiger partial charge in [0.25, 0.3) is 0 Å². The third kappa shape index (κ3) is 5.29. The van der Waals surface area contributed by atoms with Crippen LogP contribution in [-0.4, -0.2) is 28.6 Å². The van der Waals surface area contributed by atoms with E-state index in [1.807, 2.05) is 0 Å². The molecule has 1 atom stereocenters. The van der Waals surface area contributed by atoms with Gasteiger partial charge in [0.15, 0.2) is 0 Å². The fraction of sp³-hybridized carbons (Fsp3) is 0.364. The lowest BCUT2D eigenvalue weighted by molar-refractivity contribution is -0.136. The van der Waals surface area contributed by atoms with Crippen molar-refractivity contribution in [1.82, 2.24) is 5.32 Å². The van der Waals surface area contributed by atoms with E-state index in [2.05, 4.69) is 0 Å². The van der Waals surface area contributed by atoms with Crippen molar-refractivity contribution in [2.75, 3.05) is 18.0 Å². The van der Waals surface area contributed by atoms with E-state index in [1.54, 1.807) is 24.4 Å². The highest BCUT2D eigenvalue weighted by molar-refractivity contribution is 7.86. The molecule has 1 amide bonds. The largest absolute Gasteiger partial charge is 0.405 e. The summed E-state index contributed by atoms with van der Waals surface area (Å²) < 4.78 is 47.4. The second-order valence-electron chi connectivity index (χ2n) is 3.92. The standard InChI is InChI=1S/C11H13F3N2O2S/c1-7-2-3-9(8(15)4-7)19(18)5-10(17)16-6-11(12,13)14/h2-4H,5-6,15H2,1H3,(H,16,17). The van der Waals surface area contributed by atoms with E-state index in [1.165, 1.54) is 6.07 Å². The van der Waals surface area contributed by atoms with Crippen molar-refractivity contribution in [1.29, 1.82) is 0 Å². The Hall–Kier alpha value is -1.57. The number of alkyl halides is 3. The van der Waals surface area contributed by atoms with Gasteiger partial charge in [-0.15, -0.1) is 0 Å². The molecule has 0 aliphatic carbocycles. The van der Waals surface area contributed by atoms with Crippen LogP contribution in [0.1, 0.15) is 5.56 Å². The number of carbonyl (C=O) groups excluding carboxylic acids is 1. The number of benzene rings is 1. The zero-order chi connectivity index (χ0) is 14.6. The molecule has 0 heterocycles.